The first-order valence-electron chi connectivity index (χ1n) is 6.39. The molecule has 0 saturated carbocycles. The van der Waals surface area contributed by atoms with Crippen LogP contribution in [0.2, 0.25) is 0 Å². The van der Waals surface area contributed by atoms with E-state index in [9.17, 15) is 0 Å². The molecule has 2 aromatic carbocycles. The summed E-state index contributed by atoms with van der Waals surface area (Å²) >= 11 is 15.3. The molecule has 0 spiro atoms. The molecule has 0 aliphatic carbocycles. The minimum absolute atomic E-state index is 0.147. The van der Waals surface area contributed by atoms with Gasteiger partial charge in [0.25, 0.3) is 0 Å². The van der Waals surface area contributed by atoms with Crippen molar-refractivity contribution in [1.82, 2.24) is 0 Å². The minimum Gasteiger partial charge on any atom is -0.121 e. The molecule has 0 nitrogen and oxygen atoms in total. The Morgan fingerprint density at radius 2 is 1.48 bits per heavy atom. The van der Waals surface area contributed by atoms with E-state index in [0.29, 0.717) is 0 Å². The van der Waals surface area contributed by atoms with E-state index < -0.39 is 0 Å². The average Bonchev–Trinajstić information content (AvgIpc) is 2.86. The van der Waals surface area contributed by atoms with Gasteiger partial charge < -0.3 is 0 Å². The highest BCUT2D eigenvalue weighted by atomic mass is 79.9. The maximum absolute atomic E-state index is 6.60. The van der Waals surface area contributed by atoms with Crippen LogP contribution in [-0.2, 0) is 0 Å². The topological polar surface area (TPSA) is 0 Å². The van der Waals surface area contributed by atoms with E-state index in [-0.39, 0.29) is 5.38 Å². The summed E-state index contributed by atoms with van der Waals surface area (Å²) in [5, 5.41) is -0.147. The van der Waals surface area contributed by atoms with Crippen molar-refractivity contribution in [3.05, 3.63) is 79.4 Å². The van der Waals surface area contributed by atoms with Gasteiger partial charge in [-0.15, -0.1) is 22.9 Å². The Bertz CT molecular complexity index is 735. The third kappa shape index (κ3) is 3.42. The van der Waals surface area contributed by atoms with E-state index in [1.807, 2.05) is 18.2 Å². The van der Waals surface area contributed by atoms with Crippen LogP contribution < -0.4 is 0 Å². The molecule has 0 aliphatic rings. The van der Waals surface area contributed by atoms with Crippen LogP contribution in [0.4, 0.5) is 0 Å². The monoisotopic (exact) mass is 440 g/mol. The third-order valence-electron chi connectivity index (χ3n) is 3.27. The van der Waals surface area contributed by atoms with E-state index in [4.69, 9.17) is 11.6 Å². The Balaban J connectivity index is 1.89. The number of alkyl halides is 1. The van der Waals surface area contributed by atoms with E-state index >= 15 is 0 Å². The molecule has 0 aliphatic heterocycles. The van der Waals surface area contributed by atoms with Crippen molar-refractivity contribution in [3.8, 4) is 11.1 Å². The lowest BCUT2D eigenvalue weighted by Gasteiger charge is -2.10. The predicted octanol–water partition coefficient (Wildman–Crippen LogP) is 7.27. The van der Waals surface area contributed by atoms with Crippen molar-refractivity contribution in [2.75, 3.05) is 0 Å². The van der Waals surface area contributed by atoms with Gasteiger partial charge in [-0.2, -0.15) is 0 Å². The van der Waals surface area contributed by atoms with Crippen molar-refractivity contribution < 1.29 is 0 Å². The number of thiophene rings is 1. The van der Waals surface area contributed by atoms with Gasteiger partial charge in [-0.25, -0.2) is 0 Å². The third-order valence-corrected chi connectivity index (χ3v) is 6.14. The van der Waals surface area contributed by atoms with Crippen molar-refractivity contribution in [2.24, 2.45) is 0 Å². The number of rotatable bonds is 3. The second kappa shape index (κ2) is 6.66. The Kier molecular flexibility index (Phi) is 4.85. The molecule has 3 aromatic rings. The Hall–Kier alpha value is -0.610. The fourth-order valence-corrected chi connectivity index (χ4v) is 5.60. The molecular formula is C17H11Br2ClS. The zero-order valence-corrected chi connectivity index (χ0v) is 15.6. The first-order chi connectivity index (χ1) is 10.1. The molecule has 1 atom stereocenters. The molecule has 1 unspecified atom stereocenters. The van der Waals surface area contributed by atoms with Crippen molar-refractivity contribution >= 4 is 54.8 Å². The van der Waals surface area contributed by atoms with Crippen LogP contribution in [0.3, 0.4) is 0 Å². The zero-order chi connectivity index (χ0) is 14.8. The lowest BCUT2D eigenvalue weighted by Crippen LogP contribution is -1.92. The van der Waals surface area contributed by atoms with Gasteiger partial charge >= 0.3 is 0 Å². The summed E-state index contributed by atoms with van der Waals surface area (Å²) in [4.78, 5) is 0. The molecule has 0 N–H and O–H groups in total. The summed E-state index contributed by atoms with van der Waals surface area (Å²) in [6.45, 7) is 0. The molecule has 0 amide bonds. The fraction of sp³-hybridized carbons (Fsp3) is 0.0588. The summed E-state index contributed by atoms with van der Waals surface area (Å²) in [7, 11) is 0. The van der Waals surface area contributed by atoms with E-state index in [1.54, 1.807) is 11.3 Å². The normalized spacial score (nSPS) is 12.3. The van der Waals surface area contributed by atoms with Gasteiger partial charge in [0.05, 0.1) is 12.9 Å². The van der Waals surface area contributed by atoms with Crippen LogP contribution in [0, 0.1) is 0 Å². The summed E-state index contributed by atoms with van der Waals surface area (Å²) in [5.74, 6) is 0. The molecule has 0 saturated heterocycles. The summed E-state index contributed by atoms with van der Waals surface area (Å²) in [6, 6.07) is 20.8. The standard InChI is InChI=1S/C17H11Br2ClS/c18-15-10-14(17(19)21-15)16(20)13-8-6-12(7-9-13)11-4-2-1-3-5-11/h1-10,16H. The molecule has 106 valence electrons. The van der Waals surface area contributed by atoms with Gasteiger partial charge in [0.2, 0.25) is 0 Å². The SMILES string of the molecule is ClC(c1ccc(-c2ccccc2)cc1)c1cc(Br)sc1Br. The Morgan fingerprint density at radius 3 is 2.05 bits per heavy atom. The molecule has 0 fully saturated rings. The van der Waals surface area contributed by atoms with Crippen LogP contribution >= 0.6 is 54.8 Å². The van der Waals surface area contributed by atoms with E-state index in [2.05, 4.69) is 74.3 Å². The van der Waals surface area contributed by atoms with Gasteiger partial charge in [0.15, 0.2) is 0 Å². The molecule has 3 rings (SSSR count). The van der Waals surface area contributed by atoms with Gasteiger partial charge in [-0.3, -0.25) is 0 Å². The minimum atomic E-state index is -0.147. The lowest BCUT2D eigenvalue weighted by atomic mass is 10.0. The second-order valence-electron chi connectivity index (χ2n) is 4.63. The molecule has 0 radical (unpaired) electrons. The average molecular weight is 443 g/mol. The quantitative estimate of drug-likeness (QED) is 0.374. The summed E-state index contributed by atoms with van der Waals surface area (Å²) in [5.41, 5.74) is 4.62. The first kappa shape index (κ1) is 15.3. The smallest absolute Gasteiger partial charge is 0.0854 e. The fourth-order valence-electron chi connectivity index (χ4n) is 2.18. The highest BCUT2D eigenvalue weighted by Crippen LogP contribution is 2.41. The van der Waals surface area contributed by atoms with Gasteiger partial charge in [-0.1, -0.05) is 54.6 Å². The largest absolute Gasteiger partial charge is 0.121 e. The molecule has 1 heterocycles. The second-order valence-corrected chi connectivity index (χ2v) is 8.82. The predicted molar refractivity (Wildman–Crippen MR) is 99.3 cm³/mol. The number of hydrogen-bond acceptors (Lipinski definition) is 1. The van der Waals surface area contributed by atoms with Crippen molar-refractivity contribution in [1.29, 1.82) is 0 Å². The highest BCUT2D eigenvalue weighted by Gasteiger charge is 2.16. The number of benzene rings is 2. The zero-order valence-electron chi connectivity index (χ0n) is 10.9. The maximum Gasteiger partial charge on any atom is 0.0854 e. The Morgan fingerprint density at radius 1 is 0.857 bits per heavy atom. The van der Waals surface area contributed by atoms with Crippen LogP contribution in [0.5, 0.6) is 0 Å². The van der Waals surface area contributed by atoms with Crippen molar-refractivity contribution in [3.63, 3.8) is 0 Å². The van der Waals surface area contributed by atoms with E-state index in [1.165, 1.54) is 11.1 Å². The number of halogens is 3. The van der Waals surface area contributed by atoms with Crippen LogP contribution in [0.15, 0.2) is 68.2 Å². The highest BCUT2D eigenvalue weighted by molar-refractivity contribution is 9.12. The van der Waals surface area contributed by atoms with Gasteiger partial charge in [-0.05, 0) is 54.6 Å². The van der Waals surface area contributed by atoms with Gasteiger partial charge in [0.1, 0.15) is 0 Å². The first-order valence-corrected chi connectivity index (χ1v) is 9.23. The molecule has 0 bridgehead atoms. The van der Waals surface area contributed by atoms with Crippen LogP contribution in [0.1, 0.15) is 16.5 Å². The molecule has 4 heteroatoms. The van der Waals surface area contributed by atoms with Gasteiger partial charge in [0, 0.05) is 5.56 Å². The lowest BCUT2D eigenvalue weighted by molar-refractivity contribution is 1.15. The molecule has 21 heavy (non-hydrogen) atoms. The van der Waals surface area contributed by atoms with Crippen LogP contribution in [0.25, 0.3) is 11.1 Å². The Labute approximate surface area is 150 Å². The van der Waals surface area contributed by atoms with Crippen LogP contribution in [-0.4, -0.2) is 0 Å². The maximum atomic E-state index is 6.60. The number of hydrogen-bond donors (Lipinski definition) is 0. The van der Waals surface area contributed by atoms with E-state index in [0.717, 1.165) is 18.7 Å². The molecular weight excluding hydrogens is 432 g/mol. The molecule has 1 aromatic heterocycles. The summed E-state index contributed by atoms with van der Waals surface area (Å²) in [6.07, 6.45) is 0. The summed E-state index contributed by atoms with van der Waals surface area (Å²) < 4.78 is 2.15. The van der Waals surface area contributed by atoms with Crippen molar-refractivity contribution in [2.45, 2.75) is 5.38 Å².